The zero-order chi connectivity index (χ0) is 41.4. The molecule has 0 aromatic rings. The minimum Gasteiger partial charge on any atom is -0.466 e. The highest BCUT2D eigenvalue weighted by Gasteiger charge is 2.25. The molecule has 0 saturated heterocycles. The summed E-state index contributed by atoms with van der Waals surface area (Å²) in [6.45, 7) is 16.7. The van der Waals surface area contributed by atoms with Gasteiger partial charge < -0.3 is 14.6 Å². The largest absolute Gasteiger partial charge is 0.466 e. The first-order valence-electron chi connectivity index (χ1n) is 24.9. The van der Waals surface area contributed by atoms with E-state index in [1.165, 1.54) is 128 Å². The van der Waals surface area contributed by atoms with Crippen LogP contribution in [0.15, 0.2) is 0 Å². The van der Waals surface area contributed by atoms with E-state index in [-0.39, 0.29) is 24.1 Å². The normalized spacial score (nSPS) is 13.0. The lowest BCUT2D eigenvalue weighted by Gasteiger charge is -2.37. The van der Waals surface area contributed by atoms with Crippen molar-refractivity contribution in [1.82, 2.24) is 4.90 Å². The Morgan fingerprint density at radius 2 is 0.750 bits per heavy atom. The molecule has 0 aromatic carbocycles. The number of aliphatic hydroxyl groups is 1. The van der Waals surface area contributed by atoms with E-state index in [2.05, 4.69) is 46.4 Å². The van der Waals surface area contributed by atoms with Gasteiger partial charge in [0.15, 0.2) is 0 Å². The van der Waals surface area contributed by atoms with Crippen molar-refractivity contribution in [3.8, 4) is 0 Å². The maximum absolute atomic E-state index is 12.3. The molecular formula is C50H99NO5. The molecule has 0 saturated carbocycles. The average Bonchev–Trinajstić information content (AvgIpc) is 3.19. The second-order valence-electron chi connectivity index (χ2n) is 18.1. The summed E-state index contributed by atoms with van der Waals surface area (Å²) in [5.74, 6) is 1.55. The van der Waals surface area contributed by atoms with Gasteiger partial charge in [-0.15, -0.1) is 0 Å². The molecule has 6 heteroatoms. The molecule has 56 heavy (non-hydrogen) atoms. The van der Waals surface area contributed by atoms with Crippen LogP contribution in [0.1, 0.15) is 260 Å². The topological polar surface area (TPSA) is 76.1 Å². The standard InChI is InChI=1S/C50H99NO5/c1-7-11-15-25-35-46(33-23-13-9-3)37-31-43-55-48(53)39-27-19-17-21-29-41-51(50(5,6)45-52)42-30-22-18-20-28-40-49(54)56-44-32-38-47(34-24-14-10-4)36-26-16-12-8-2/h46-47,52H,7-45H2,1-6H3. The van der Waals surface area contributed by atoms with E-state index in [1.807, 2.05) is 0 Å². The van der Waals surface area contributed by atoms with Crippen LogP contribution in [-0.2, 0) is 19.1 Å². The lowest BCUT2D eigenvalue weighted by atomic mass is 9.91. The fourth-order valence-electron chi connectivity index (χ4n) is 8.23. The fourth-order valence-corrected chi connectivity index (χ4v) is 8.23. The van der Waals surface area contributed by atoms with Gasteiger partial charge in [0.05, 0.1) is 19.8 Å². The molecule has 0 aliphatic carbocycles. The van der Waals surface area contributed by atoms with Crippen molar-refractivity contribution in [3.63, 3.8) is 0 Å². The van der Waals surface area contributed by atoms with Gasteiger partial charge in [-0.3, -0.25) is 14.5 Å². The molecule has 0 rings (SSSR count). The molecule has 0 amide bonds. The molecule has 0 spiro atoms. The average molecular weight is 794 g/mol. The summed E-state index contributed by atoms with van der Waals surface area (Å²) in [5, 5.41) is 10.1. The molecule has 1 N–H and O–H groups in total. The van der Waals surface area contributed by atoms with Crippen LogP contribution < -0.4 is 0 Å². The second kappa shape index (κ2) is 40.6. The van der Waals surface area contributed by atoms with Gasteiger partial charge in [0.1, 0.15) is 0 Å². The summed E-state index contributed by atoms with van der Waals surface area (Å²) in [5.41, 5.74) is -0.220. The molecular weight excluding hydrogens is 695 g/mol. The number of esters is 2. The van der Waals surface area contributed by atoms with Crippen molar-refractivity contribution in [3.05, 3.63) is 0 Å². The molecule has 334 valence electrons. The summed E-state index contributed by atoms with van der Waals surface area (Å²) in [7, 11) is 0. The van der Waals surface area contributed by atoms with Gasteiger partial charge in [-0.25, -0.2) is 0 Å². The SMILES string of the molecule is CCCCCCC(CCCCC)CCCOC(=O)CCCCCCCN(CCCCCCCC(=O)OCCCC(CCCCC)CCCCCC)C(C)(C)CO. The second-order valence-corrected chi connectivity index (χ2v) is 18.1. The summed E-state index contributed by atoms with van der Waals surface area (Å²) in [6.07, 6.45) is 40.2. The predicted octanol–water partition coefficient (Wildman–Crippen LogP) is 14.7. The van der Waals surface area contributed by atoms with Crippen LogP contribution >= 0.6 is 0 Å². The molecule has 0 bridgehead atoms. The van der Waals surface area contributed by atoms with Crippen LogP contribution in [0.25, 0.3) is 0 Å². The smallest absolute Gasteiger partial charge is 0.305 e. The van der Waals surface area contributed by atoms with E-state index < -0.39 is 0 Å². The monoisotopic (exact) mass is 794 g/mol. The highest BCUT2D eigenvalue weighted by Crippen LogP contribution is 2.24. The van der Waals surface area contributed by atoms with Gasteiger partial charge in [0, 0.05) is 18.4 Å². The molecule has 2 unspecified atom stereocenters. The molecule has 6 nitrogen and oxygen atoms in total. The Balaban J connectivity index is 4.08. The lowest BCUT2D eigenvalue weighted by molar-refractivity contribution is -0.144. The number of rotatable bonds is 44. The van der Waals surface area contributed by atoms with Gasteiger partial charge in [-0.1, -0.05) is 182 Å². The van der Waals surface area contributed by atoms with Crippen molar-refractivity contribution in [2.45, 2.75) is 265 Å². The third-order valence-corrected chi connectivity index (χ3v) is 12.3. The summed E-state index contributed by atoms with van der Waals surface area (Å²) in [6, 6.07) is 0. The van der Waals surface area contributed by atoms with E-state index in [1.54, 1.807) is 0 Å². The Labute approximate surface area is 350 Å². The Kier molecular flexibility index (Phi) is 39.8. The van der Waals surface area contributed by atoms with Gasteiger partial charge in [0.25, 0.3) is 0 Å². The molecule has 2 atom stereocenters. The zero-order valence-electron chi connectivity index (χ0n) is 38.8. The van der Waals surface area contributed by atoms with Crippen LogP contribution in [0.2, 0.25) is 0 Å². The first-order chi connectivity index (χ1) is 27.2. The summed E-state index contributed by atoms with van der Waals surface area (Å²) >= 11 is 0. The first-order valence-corrected chi connectivity index (χ1v) is 24.9. The van der Waals surface area contributed by atoms with Crippen molar-refractivity contribution in [1.29, 1.82) is 0 Å². The van der Waals surface area contributed by atoms with Crippen LogP contribution in [-0.4, -0.2) is 60.4 Å². The van der Waals surface area contributed by atoms with Crippen molar-refractivity contribution < 1.29 is 24.2 Å². The minimum absolute atomic E-state index is 0.0218. The third kappa shape index (κ3) is 34.9. The first kappa shape index (κ1) is 54.9. The van der Waals surface area contributed by atoms with Gasteiger partial charge in [-0.2, -0.15) is 0 Å². The minimum atomic E-state index is -0.220. The summed E-state index contributed by atoms with van der Waals surface area (Å²) in [4.78, 5) is 27.1. The third-order valence-electron chi connectivity index (χ3n) is 12.3. The predicted molar refractivity (Wildman–Crippen MR) is 241 cm³/mol. The van der Waals surface area contributed by atoms with E-state index in [0.717, 1.165) is 102 Å². The Morgan fingerprint density at radius 3 is 1.12 bits per heavy atom. The number of aliphatic hydroxyl groups excluding tert-OH is 1. The number of hydrogen-bond donors (Lipinski definition) is 1. The van der Waals surface area contributed by atoms with E-state index >= 15 is 0 Å². The number of carbonyl (C=O) groups excluding carboxylic acids is 2. The number of nitrogens with zero attached hydrogens (tertiary/aromatic N) is 1. The van der Waals surface area contributed by atoms with Crippen LogP contribution in [0.4, 0.5) is 0 Å². The zero-order valence-corrected chi connectivity index (χ0v) is 38.8. The number of carbonyl (C=O) groups is 2. The van der Waals surface area contributed by atoms with Crippen LogP contribution in [0.3, 0.4) is 0 Å². The van der Waals surface area contributed by atoms with E-state index in [0.29, 0.717) is 26.1 Å². The van der Waals surface area contributed by atoms with Crippen molar-refractivity contribution >= 4 is 11.9 Å². The highest BCUT2D eigenvalue weighted by molar-refractivity contribution is 5.69. The number of hydrogen-bond acceptors (Lipinski definition) is 6. The maximum Gasteiger partial charge on any atom is 0.305 e. The molecule has 0 radical (unpaired) electrons. The van der Waals surface area contributed by atoms with Gasteiger partial charge >= 0.3 is 11.9 Å². The van der Waals surface area contributed by atoms with Crippen LogP contribution in [0.5, 0.6) is 0 Å². The fraction of sp³-hybridized carbons (Fsp3) is 0.960. The molecule has 0 fully saturated rings. The molecule has 0 aliphatic heterocycles. The maximum atomic E-state index is 12.3. The highest BCUT2D eigenvalue weighted by atomic mass is 16.5. The Morgan fingerprint density at radius 1 is 0.446 bits per heavy atom. The molecule has 0 aliphatic rings. The van der Waals surface area contributed by atoms with E-state index in [9.17, 15) is 14.7 Å². The molecule has 0 heterocycles. The van der Waals surface area contributed by atoms with Gasteiger partial charge in [0.2, 0.25) is 0 Å². The van der Waals surface area contributed by atoms with Crippen molar-refractivity contribution in [2.75, 3.05) is 32.9 Å². The Bertz CT molecular complexity index is 787. The number of ether oxygens (including phenoxy) is 2. The summed E-state index contributed by atoms with van der Waals surface area (Å²) < 4.78 is 11.2. The van der Waals surface area contributed by atoms with E-state index in [4.69, 9.17) is 9.47 Å². The van der Waals surface area contributed by atoms with Crippen molar-refractivity contribution in [2.24, 2.45) is 11.8 Å². The Hall–Kier alpha value is -1.14. The number of unbranched alkanes of at least 4 members (excludes halogenated alkanes) is 18. The molecule has 0 aromatic heterocycles. The lowest BCUT2D eigenvalue weighted by Crippen LogP contribution is -2.47. The van der Waals surface area contributed by atoms with Crippen LogP contribution in [0, 0.1) is 11.8 Å². The van der Waals surface area contributed by atoms with Gasteiger partial charge in [-0.05, 0) is 90.1 Å². The quantitative estimate of drug-likeness (QED) is 0.0489.